The van der Waals surface area contributed by atoms with Gasteiger partial charge < -0.3 is 19.5 Å². The van der Waals surface area contributed by atoms with E-state index in [1.54, 1.807) is 25.3 Å². The van der Waals surface area contributed by atoms with Gasteiger partial charge in [0.2, 0.25) is 5.91 Å². The third kappa shape index (κ3) is 6.97. The molecule has 0 saturated carbocycles. The van der Waals surface area contributed by atoms with Crippen LogP contribution in [0.5, 0.6) is 11.5 Å². The van der Waals surface area contributed by atoms with Crippen LogP contribution >= 0.6 is 34.7 Å². The van der Waals surface area contributed by atoms with E-state index >= 15 is 0 Å². The van der Waals surface area contributed by atoms with Crippen LogP contribution in [0, 0.1) is 13.8 Å². The zero-order valence-electron chi connectivity index (χ0n) is 23.9. The molecular weight excluding hydrogens is 596 g/mol. The summed E-state index contributed by atoms with van der Waals surface area (Å²) in [5.74, 6) is 1.16. The molecule has 1 atom stereocenters. The average molecular weight is 627 g/mol. The number of nitrogens with one attached hydrogen (secondary N) is 1. The highest BCUT2D eigenvalue weighted by molar-refractivity contribution is 7.99. The number of anilines is 1. The van der Waals surface area contributed by atoms with Crippen molar-refractivity contribution in [1.82, 2.24) is 14.8 Å². The fourth-order valence-electron chi connectivity index (χ4n) is 4.27. The lowest BCUT2D eigenvalue weighted by molar-refractivity contribution is -0.113. The Morgan fingerprint density at radius 1 is 1.14 bits per heavy atom. The molecule has 1 N–H and O–H groups in total. The smallest absolute Gasteiger partial charge is 0.341 e. The van der Waals surface area contributed by atoms with E-state index < -0.39 is 12.1 Å². The van der Waals surface area contributed by atoms with Crippen LogP contribution in [0.4, 0.5) is 5.00 Å². The lowest BCUT2D eigenvalue weighted by Gasteiger charge is -2.17. The minimum atomic E-state index is -0.541. The lowest BCUT2D eigenvalue weighted by atomic mass is 10.0. The molecule has 2 aromatic heterocycles. The average Bonchev–Trinajstić information content (AvgIpc) is 3.58. The molecule has 12 heteroatoms. The predicted molar refractivity (Wildman–Crippen MR) is 167 cm³/mol. The number of hydrogen-bond donors (Lipinski definition) is 1. The number of carbonyl (C=O) groups excluding carboxylic acids is 2. The van der Waals surface area contributed by atoms with E-state index in [1.807, 2.05) is 55.0 Å². The number of aromatic nitrogens is 3. The number of benzene rings is 2. The summed E-state index contributed by atoms with van der Waals surface area (Å²) in [6.45, 7) is 10.0. The van der Waals surface area contributed by atoms with Crippen molar-refractivity contribution >= 4 is 51.6 Å². The standard InChI is InChI=1S/C30H31ClN4O5S2/c1-7-12-35-27(19(4)40-22-13-17(2)26(31)18(3)14-22)33-34-30(35)42-16-24(36)32-28-25(29(37)39-6)23(15-41-28)20-8-10-21(38-5)11-9-20/h7-11,13-15,19H,1,12,16H2,2-6H3,(H,32,36). The first-order valence-corrected chi connectivity index (χ1v) is 15.1. The third-order valence-corrected chi connectivity index (χ3v) is 8.77. The molecule has 0 spiro atoms. The monoisotopic (exact) mass is 626 g/mol. The number of thioether (sulfide) groups is 1. The van der Waals surface area contributed by atoms with Crippen LogP contribution in [0.15, 0.2) is 59.6 Å². The molecule has 0 aliphatic carbocycles. The van der Waals surface area contributed by atoms with Crippen LogP contribution in [-0.2, 0) is 16.1 Å². The first-order valence-electron chi connectivity index (χ1n) is 12.9. The zero-order valence-corrected chi connectivity index (χ0v) is 26.3. The van der Waals surface area contributed by atoms with Crippen molar-refractivity contribution in [3.63, 3.8) is 0 Å². The molecule has 220 valence electrons. The Hall–Kier alpha value is -3.80. The second kappa shape index (κ2) is 13.9. The maximum Gasteiger partial charge on any atom is 0.341 e. The molecule has 4 rings (SSSR count). The maximum atomic E-state index is 13.0. The molecular formula is C30H31ClN4O5S2. The minimum absolute atomic E-state index is 0.0382. The normalized spacial score (nSPS) is 11.6. The van der Waals surface area contributed by atoms with Gasteiger partial charge in [-0.15, -0.1) is 28.1 Å². The van der Waals surface area contributed by atoms with E-state index in [1.165, 1.54) is 30.2 Å². The highest BCUT2D eigenvalue weighted by Gasteiger charge is 2.24. The van der Waals surface area contributed by atoms with Gasteiger partial charge in [0.05, 0.1) is 20.0 Å². The van der Waals surface area contributed by atoms with Crippen molar-refractivity contribution in [2.45, 2.75) is 38.6 Å². The molecule has 9 nitrogen and oxygen atoms in total. The number of rotatable bonds is 12. The predicted octanol–water partition coefficient (Wildman–Crippen LogP) is 7.13. The second-order valence-corrected chi connectivity index (χ2v) is 11.5. The molecule has 0 saturated heterocycles. The molecule has 2 heterocycles. The molecule has 1 amide bonds. The number of ether oxygens (including phenoxy) is 3. The van der Waals surface area contributed by atoms with E-state index in [9.17, 15) is 9.59 Å². The number of thiophene rings is 1. The summed E-state index contributed by atoms with van der Waals surface area (Å²) in [4.78, 5) is 25.7. The van der Waals surface area contributed by atoms with Crippen molar-refractivity contribution < 1.29 is 23.8 Å². The highest BCUT2D eigenvalue weighted by atomic mass is 35.5. The number of halogens is 1. The van der Waals surface area contributed by atoms with E-state index in [0.717, 1.165) is 16.7 Å². The van der Waals surface area contributed by atoms with Crippen LogP contribution in [0.25, 0.3) is 11.1 Å². The van der Waals surface area contributed by atoms with Crippen molar-refractivity contribution in [2.75, 3.05) is 25.3 Å². The largest absolute Gasteiger partial charge is 0.497 e. The van der Waals surface area contributed by atoms with E-state index in [0.29, 0.717) is 50.2 Å². The number of methoxy groups -OCH3 is 2. The Morgan fingerprint density at radius 3 is 2.45 bits per heavy atom. The Labute approximate surface area is 257 Å². The highest BCUT2D eigenvalue weighted by Crippen LogP contribution is 2.37. The van der Waals surface area contributed by atoms with Crippen molar-refractivity contribution in [1.29, 1.82) is 0 Å². The number of esters is 1. The van der Waals surface area contributed by atoms with Crippen LogP contribution < -0.4 is 14.8 Å². The summed E-state index contributed by atoms with van der Waals surface area (Å²) in [7, 11) is 2.90. The number of aryl methyl sites for hydroxylation is 2. The Kier molecular flexibility index (Phi) is 10.3. The Balaban J connectivity index is 1.48. The number of amides is 1. The molecule has 0 aliphatic heterocycles. The van der Waals surface area contributed by atoms with E-state index in [4.69, 9.17) is 25.8 Å². The van der Waals surface area contributed by atoms with Gasteiger partial charge in [-0.05, 0) is 61.7 Å². The fraction of sp³-hybridized carbons (Fsp3) is 0.267. The first-order chi connectivity index (χ1) is 20.2. The lowest BCUT2D eigenvalue weighted by Crippen LogP contribution is -2.17. The number of nitrogens with zero attached hydrogens (tertiary/aromatic N) is 3. The summed E-state index contributed by atoms with van der Waals surface area (Å²) < 4.78 is 18.3. The summed E-state index contributed by atoms with van der Waals surface area (Å²) in [6, 6.07) is 11.1. The molecule has 0 aliphatic rings. The van der Waals surface area contributed by atoms with Crippen LogP contribution in [0.1, 0.15) is 40.3 Å². The van der Waals surface area contributed by atoms with Gasteiger partial charge in [0, 0.05) is 22.5 Å². The fourth-order valence-corrected chi connectivity index (χ4v) is 6.11. The molecule has 2 aromatic carbocycles. The first kappa shape index (κ1) is 31.1. The van der Waals surface area contributed by atoms with Gasteiger partial charge in [0.1, 0.15) is 22.1 Å². The number of allylic oxidation sites excluding steroid dienone is 1. The van der Waals surface area contributed by atoms with Gasteiger partial charge >= 0.3 is 5.97 Å². The molecule has 0 radical (unpaired) electrons. The van der Waals surface area contributed by atoms with Crippen molar-refractivity contribution in [2.24, 2.45) is 0 Å². The Morgan fingerprint density at radius 2 is 1.83 bits per heavy atom. The van der Waals surface area contributed by atoms with Crippen LogP contribution in [0.2, 0.25) is 5.02 Å². The number of hydrogen-bond acceptors (Lipinski definition) is 9. The van der Waals surface area contributed by atoms with Crippen molar-refractivity contribution in [3.8, 4) is 22.6 Å². The van der Waals surface area contributed by atoms with Crippen molar-refractivity contribution in [3.05, 3.63) is 82.0 Å². The summed E-state index contributed by atoms with van der Waals surface area (Å²) in [5.41, 5.74) is 3.60. The van der Waals surface area contributed by atoms with Crippen LogP contribution in [-0.4, -0.2) is 46.6 Å². The van der Waals surface area contributed by atoms with Gasteiger partial charge in [0.15, 0.2) is 17.1 Å². The zero-order chi connectivity index (χ0) is 30.4. The van der Waals surface area contributed by atoms with E-state index in [2.05, 4.69) is 22.1 Å². The topological polar surface area (TPSA) is 105 Å². The molecule has 42 heavy (non-hydrogen) atoms. The van der Waals surface area contributed by atoms with Crippen LogP contribution in [0.3, 0.4) is 0 Å². The van der Waals surface area contributed by atoms with Gasteiger partial charge in [-0.2, -0.15) is 0 Å². The molecule has 0 fully saturated rings. The van der Waals surface area contributed by atoms with Gasteiger partial charge in [-0.3, -0.25) is 9.36 Å². The van der Waals surface area contributed by atoms with Gasteiger partial charge in [0.25, 0.3) is 0 Å². The van der Waals surface area contributed by atoms with Gasteiger partial charge in [-0.25, -0.2) is 4.79 Å². The molecule has 4 aromatic rings. The summed E-state index contributed by atoms with van der Waals surface area (Å²) in [5, 5.41) is 15.0. The van der Waals surface area contributed by atoms with Gasteiger partial charge in [-0.1, -0.05) is 41.6 Å². The number of carbonyl (C=O) groups is 2. The second-order valence-electron chi connectivity index (χ2n) is 9.28. The third-order valence-electron chi connectivity index (χ3n) is 6.31. The van der Waals surface area contributed by atoms with E-state index in [-0.39, 0.29) is 11.7 Å². The Bertz CT molecular complexity index is 1580. The quantitative estimate of drug-likeness (QED) is 0.101. The minimum Gasteiger partial charge on any atom is -0.497 e. The SMILES string of the molecule is C=CCn1c(SCC(=O)Nc2scc(-c3ccc(OC)cc3)c2C(=O)OC)nnc1C(C)Oc1cc(C)c(Cl)c(C)c1. The molecule has 1 unspecified atom stereocenters. The maximum absolute atomic E-state index is 13.0. The summed E-state index contributed by atoms with van der Waals surface area (Å²) >= 11 is 8.78. The molecule has 0 bridgehead atoms. The summed E-state index contributed by atoms with van der Waals surface area (Å²) in [6.07, 6.45) is 1.31.